The Labute approximate surface area is 161 Å². The van der Waals surface area contributed by atoms with Crippen molar-refractivity contribution in [1.82, 2.24) is 0 Å². The highest BCUT2D eigenvalue weighted by Gasteiger charge is 2.45. The van der Waals surface area contributed by atoms with Crippen molar-refractivity contribution in [2.24, 2.45) is 5.92 Å². The van der Waals surface area contributed by atoms with Gasteiger partial charge < -0.3 is 0 Å². The first kappa shape index (κ1) is 19.5. The second kappa shape index (κ2) is 8.65. The van der Waals surface area contributed by atoms with E-state index in [9.17, 15) is 8.78 Å². The van der Waals surface area contributed by atoms with E-state index in [1.54, 1.807) is 12.1 Å². The maximum Gasteiger partial charge on any atom is 0.255 e. The standard InChI is InChI=1S/C24H27F2N/c1-2-3-4-5-18-8-15-23(24(25,26)16-18)22-13-11-21(12-14-22)20-9-6-19(17-27)7-10-20/h6-7,9-14,18,23H,2-5,8,15-16H2,1H3/t18-,23?/m1/s1. The minimum absolute atomic E-state index is 0.0265. The first-order valence-corrected chi connectivity index (χ1v) is 10.0. The predicted molar refractivity (Wildman–Crippen MR) is 106 cm³/mol. The molecular weight excluding hydrogens is 340 g/mol. The number of nitriles is 1. The molecule has 1 unspecified atom stereocenters. The van der Waals surface area contributed by atoms with E-state index in [0.29, 0.717) is 12.0 Å². The van der Waals surface area contributed by atoms with Gasteiger partial charge in [-0.3, -0.25) is 0 Å². The molecule has 1 aliphatic carbocycles. The van der Waals surface area contributed by atoms with E-state index in [0.717, 1.165) is 48.8 Å². The minimum Gasteiger partial charge on any atom is -0.206 e. The third kappa shape index (κ3) is 4.75. The molecule has 0 amide bonds. The maximum atomic E-state index is 14.8. The number of nitrogens with zero attached hydrogens (tertiary/aromatic N) is 1. The van der Waals surface area contributed by atoms with Crippen LogP contribution in [-0.2, 0) is 0 Å². The van der Waals surface area contributed by atoms with Gasteiger partial charge in [0.1, 0.15) is 0 Å². The molecule has 3 heteroatoms. The van der Waals surface area contributed by atoms with E-state index in [1.807, 2.05) is 36.4 Å². The van der Waals surface area contributed by atoms with Gasteiger partial charge in [0.05, 0.1) is 11.6 Å². The molecule has 1 fully saturated rings. The molecule has 1 aliphatic rings. The van der Waals surface area contributed by atoms with Crippen LogP contribution in [0.25, 0.3) is 11.1 Å². The van der Waals surface area contributed by atoms with Crippen LogP contribution >= 0.6 is 0 Å². The van der Waals surface area contributed by atoms with Crippen molar-refractivity contribution >= 4 is 0 Å². The summed E-state index contributed by atoms with van der Waals surface area (Å²) in [7, 11) is 0. The van der Waals surface area contributed by atoms with Gasteiger partial charge in [-0.15, -0.1) is 0 Å². The zero-order valence-electron chi connectivity index (χ0n) is 15.9. The second-order valence-corrected chi connectivity index (χ2v) is 7.77. The molecule has 1 nitrogen and oxygen atoms in total. The smallest absolute Gasteiger partial charge is 0.206 e. The molecule has 2 aromatic carbocycles. The fraction of sp³-hybridized carbons (Fsp3) is 0.458. The van der Waals surface area contributed by atoms with Crippen molar-refractivity contribution in [3.05, 3.63) is 59.7 Å². The molecule has 0 bridgehead atoms. The molecule has 0 heterocycles. The molecule has 0 N–H and O–H groups in total. The van der Waals surface area contributed by atoms with Gasteiger partial charge in [0.2, 0.25) is 0 Å². The van der Waals surface area contributed by atoms with Crippen molar-refractivity contribution in [1.29, 1.82) is 5.26 Å². The summed E-state index contributed by atoms with van der Waals surface area (Å²) in [5, 5.41) is 8.89. The number of unbranched alkanes of at least 4 members (excludes halogenated alkanes) is 2. The van der Waals surface area contributed by atoms with Crippen LogP contribution in [0.4, 0.5) is 8.78 Å². The molecule has 27 heavy (non-hydrogen) atoms. The summed E-state index contributed by atoms with van der Waals surface area (Å²) in [5.41, 5.74) is 3.34. The first-order valence-electron chi connectivity index (χ1n) is 10.0. The summed E-state index contributed by atoms with van der Waals surface area (Å²) in [6, 6.07) is 17.0. The fourth-order valence-electron chi connectivity index (χ4n) is 4.23. The third-order valence-corrected chi connectivity index (χ3v) is 5.81. The summed E-state index contributed by atoms with van der Waals surface area (Å²) in [6.07, 6.45) is 5.79. The van der Waals surface area contributed by atoms with Crippen LogP contribution in [0.15, 0.2) is 48.5 Å². The van der Waals surface area contributed by atoms with Crippen LogP contribution in [0.5, 0.6) is 0 Å². The van der Waals surface area contributed by atoms with Crippen LogP contribution in [-0.4, -0.2) is 5.92 Å². The zero-order chi connectivity index (χ0) is 19.3. The molecule has 2 atom stereocenters. The largest absolute Gasteiger partial charge is 0.255 e. The summed E-state index contributed by atoms with van der Waals surface area (Å²) in [6.45, 7) is 2.15. The normalized spacial score (nSPS) is 21.6. The van der Waals surface area contributed by atoms with Crippen LogP contribution in [0.1, 0.15) is 68.9 Å². The van der Waals surface area contributed by atoms with Crippen LogP contribution in [0.3, 0.4) is 0 Å². The van der Waals surface area contributed by atoms with Crippen molar-refractivity contribution in [2.75, 3.05) is 0 Å². The summed E-state index contributed by atoms with van der Waals surface area (Å²) >= 11 is 0. The molecule has 0 saturated heterocycles. The van der Waals surface area contributed by atoms with E-state index in [-0.39, 0.29) is 12.3 Å². The van der Waals surface area contributed by atoms with Crippen LogP contribution in [0, 0.1) is 17.2 Å². The van der Waals surface area contributed by atoms with Crippen LogP contribution < -0.4 is 0 Å². The van der Waals surface area contributed by atoms with Crippen LogP contribution in [0.2, 0.25) is 0 Å². The molecule has 2 aromatic rings. The number of benzene rings is 2. The number of halogens is 2. The Hall–Kier alpha value is -2.21. The SMILES string of the molecule is CCCCC[C@@H]1CCC(c2ccc(-c3ccc(C#N)cc3)cc2)C(F)(F)C1. The van der Waals surface area contributed by atoms with Gasteiger partial charge >= 0.3 is 0 Å². The molecule has 0 radical (unpaired) electrons. The van der Waals surface area contributed by atoms with E-state index < -0.39 is 11.8 Å². The molecule has 1 saturated carbocycles. The highest BCUT2D eigenvalue weighted by Crippen LogP contribution is 2.48. The van der Waals surface area contributed by atoms with Gasteiger partial charge in [-0.2, -0.15) is 5.26 Å². The van der Waals surface area contributed by atoms with Crippen molar-refractivity contribution in [3.8, 4) is 17.2 Å². The molecule has 0 spiro atoms. The van der Waals surface area contributed by atoms with Gasteiger partial charge in [-0.1, -0.05) is 69.0 Å². The van der Waals surface area contributed by atoms with Gasteiger partial charge in [-0.05, 0) is 47.6 Å². The lowest BCUT2D eigenvalue weighted by Crippen LogP contribution is -2.34. The number of hydrogen-bond acceptors (Lipinski definition) is 1. The Bertz CT molecular complexity index is 772. The highest BCUT2D eigenvalue weighted by atomic mass is 19.3. The molecular formula is C24H27F2N. The lowest BCUT2D eigenvalue weighted by molar-refractivity contribution is -0.0737. The Kier molecular flexibility index (Phi) is 6.26. The lowest BCUT2D eigenvalue weighted by atomic mass is 9.74. The minimum atomic E-state index is -2.62. The fourth-order valence-corrected chi connectivity index (χ4v) is 4.23. The van der Waals surface area contributed by atoms with E-state index in [4.69, 9.17) is 5.26 Å². The molecule has 0 aromatic heterocycles. The number of hydrogen-bond donors (Lipinski definition) is 0. The Morgan fingerprint density at radius 1 is 0.963 bits per heavy atom. The van der Waals surface area contributed by atoms with Crippen molar-refractivity contribution < 1.29 is 8.78 Å². The number of alkyl halides is 2. The zero-order valence-corrected chi connectivity index (χ0v) is 15.9. The monoisotopic (exact) mass is 367 g/mol. The molecule has 3 rings (SSSR count). The summed E-state index contributed by atoms with van der Waals surface area (Å²) in [4.78, 5) is 0. The van der Waals surface area contributed by atoms with E-state index >= 15 is 0 Å². The quantitative estimate of drug-likeness (QED) is 0.490. The van der Waals surface area contributed by atoms with Gasteiger partial charge in [0.25, 0.3) is 5.92 Å². The average molecular weight is 367 g/mol. The van der Waals surface area contributed by atoms with Gasteiger partial charge in [0, 0.05) is 12.3 Å². The summed E-state index contributed by atoms with van der Waals surface area (Å²) < 4.78 is 29.6. The average Bonchev–Trinajstić information content (AvgIpc) is 2.68. The highest BCUT2D eigenvalue weighted by molar-refractivity contribution is 5.64. The first-order chi connectivity index (χ1) is 13.0. The molecule has 142 valence electrons. The van der Waals surface area contributed by atoms with Crippen molar-refractivity contribution in [3.63, 3.8) is 0 Å². The molecule has 0 aliphatic heterocycles. The predicted octanol–water partition coefficient (Wildman–Crippen LogP) is 7.32. The Morgan fingerprint density at radius 3 is 2.15 bits per heavy atom. The Morgan fingerprint density at radius 2 is 1.59 bits per heavy atom. The number of rotatable bonds is 6. The topological polar surface area (TPSA) is 23.8 Å². The summed E-state index contributed by atoms with van der Waals surface area (Å²) in [5.74, 6) is -3.12. The van der Waals surface area contributed by atoms with Gasteiger partial charge in [-0.25, -0.2) is 8.78 Å². The lowest BCUT2D eigenvalue weighted by Gasteiger charge is -2.36. The van der Waals surface area contributed by atoms with E-state index in [1.165, 1.54) is 0 Å². The second-order valence-electron chi connectivity index (χ2n) is 7.77. The van der Waals surface area contributed by atoms with Crippen molar-refractivity contribution in [2.45, 2.75) is 63.7 Å². The third-order valence-electron chi connectivity index (χ3n) is 5.81. The maximum absolute atomic E-state index is 14.8. The Balaban J connectivity index is 1.68. The van der Waals surface area contributed by atoms with Gasteiger partial charge in [0.15, 0.2) is 0 Å². The van der Waals surface area contributed by atoms with E-state index in [2.05, 4.69) is 13.0 Å².